The quantitative estimate of drug-likeness (QED) is 0.649. The molecule has 0 aliphatic carbocycles. The molecular formula is C10H10O2. The van der Waals surface area contributed by atoms with Crippen LogP contribution < -0.4 is 0 Å². The molecule has 1 aromatic carbocycles. The van der Waals surface area contributed by atoms with E-state index in [1.165, 1.54) is 6.07 Å². The summed E-state index contributed by atoms with van der Waals surface area (Å²) >= 11 is 0. The van der Waals surface area contributed by atoms with Crippen LogP contribution in [0.5, 0.6) is 11.5 Å². The first-order valence-electron chi connectivity index (χ1n) is 3.68. The lowest BCUT2D eigenvalue weighted by atomic mass is 10.1. The molecule has 2 heteroatoms. The van der Waals surface area contributed by atoms with Gasteiger partial charge in [-0.15, -0.1) is 12.3 Å². The van der Waals surface area contributed by atoms with Crippen LogP contribution in [0, 0.1) is 12.3 Å². The fraction of sp³-hybridized carbons (Fsp3) is 0.200. The highest BCUT2D eigenvalue weighted by Crippen LogP contribution is 2.20. The summed E-state index contributed by atoms with van der Waals surface area (Å²) in [6, 6.07) is 4.48. The summed E-state index contributed by atoms with van der Waals surface area (Å²) in [5, 5.41) is 18.2. The lowest BCUT2D eigenvalue weighted by Gasteiger charge is -2.00. The van der Waals surface area contributed by atoms with Crippen LogP contribution in [0.1, 0.15) is 12.0 Å². The Morgan fingerprint density at radius 2 is 1.75 bits per heavy atom. The smallest absolute Gasteiger partial charge is 0.119 e. The predicted octanol–water partition coefficient (Wildman–Crippen LogP) is 1.66. The molecule has 0 radical (unpaired) electrons. The number of hydrogen-bond acceptors (Lipinski definition) is 2. The van der Waals surface area contributed by atoms with E-state index in [1.54, 1.807) is 12.1 Å². The third-order valence-electron chi connectivity index (χ3n) is 1.52. The summed E-state index contributed by atoms with van der Waals surface area (Å²) in [7, 11) is 0. The van der Waals surface area contributed by atoms with Crippen molar-refractivity contribution in [1.29, 1.82) is 0 Å². The maximum Gasteiger partial charge on any atom is 0.119 e. The molecule has 0 amide bonds. The van der Waals surface area contributed by atoms with Crippen LogP contribution in [0.4, 0.5) is 0 Å². The van der Waals surface area contributed by atoms with E-state index in [0.29, 0.717) is 12.8 Å². The molecule has 0 aromatic heterocycles. The average Bonchev–Trinajstić information content (AvgIpc) is 1.99. The number of phenolic OH excluding ortho intramolecular Hbond substituents is 2. The highest BCUT2D eigenvalue weighted by molar-refractivity contribution is 5.36. The van der Waals surface area contributed by atoms with Crippen molar-refractivity contribution in [3.63, 3.8) is 0 Å². The molecule has 0 aliphatic rings. The van der Waals surface area contributed by atoms with Crippen LogP contribution >= 0.6 is 0 Å². The topological polar surface area (TPSA) is 40.5 Å². The first-order chi connectivity index (χ1) is 5.72. The van der Waals surface area contributed by atoms with Gasteiger partial charge in [0.25, 0.3) is 0 Å². The van der Waals surface area contributed by atoms with Crippen molar-refractivity contribution in [3.05, 3.63) is 23.8 Å². The van der Waals surface area contributed by atoms with Gasteiger partial charge >= 0.3 is 0 Å². The van der Waals surface area contributed by atoms with E-state index in [2.05, 4.69) is 5.92 Å². The van der Waals surface area contributed by atoms with Gasteiger partial charge in [0.05, 0.1) is 0 Å². The Labute approximate surface area is 71.5 Å². The van der Waals surface area contributed by atoms with Crippen molar-refractivity contribution in [3.8, 4) is 23.8 Å². The Bertz CT molecular complexity index is 290. The summed E-state index contributed by atoms with van der Waals surface area (Å²) in [6.45, 7) is 0. The van der Waals surface area contributed by atoms with E-state index in [1.807, 2.05) is 0 Å². The number of rotatable bonds is 2. The predicted molar refractivity (Wildman–Crippen MR) is 46.9 cm³/mol. The van der Waals surface area contributed by atoms with Crippen molar-refractivity contribution >= 4 is 0 Å². The van der Waals surface area contributed by atoms with E-state index < -0.39 is 0 Å². The summed E-state index contributed by atoms with van der Waals surface area (Å²) in [6.07, 6.45) is 6.37. The molecule has 0 atom stereocenters. The standard InChI is InChI=1S/C10H10O2/c1-2-3-4-8-5-9(11)7-10(12)6-8/h1,5-7,11-12H,3-4H2. The summed E-state index contributed by atoms with van der Waals surface area (Å²) in [4.78, 5) is 0. The molecule has 2 N–H and O–H groups in total. The molecule has 62 valence electrons. The van der Waals surface area contributed by atoms with Crippen molar-refractivity contribution in [2.75, 3.05) is 0 Å². The molecule has 0 fully saturated rings. The molecule has 0 bridgehead atoms. The van der Waals surface area contributed by atoms with Gasteiger partial charge in [0.15, 0.2) is 0 Å². The number of phenols is 2. The Hall–Kier alpha value is -1.62. The van der Waals surface area contributed by atoms with Gasteiger partial charge in [-0.2, -0.15) is 0 Å². The normalized spacial score (nSPS) is 9.25. The SMILES string of the molecule is C#CCCc1cc(O)cc(O)c1. The van der Waals surface area contributed by atoms with Crippen LogP contribution in [0.15, 0.2) is 18.2 Å². The lowest BCUT2D eigenvalue weighted by Crippen LogP contribution is -1.82. The van der Waals surface area contributed by atoms with E-state index in [9.17, 15) is 0 Å². The second kappa shape index (κ2) is 3.68. The molecule has 0 unspecified atom stereocenters. The van der Waals surface area contributed by atoms with Gasteiger partial charge in [0.1, 0.15) is 11.5 Å². The molecule has 0 spiro atoms. The van der Waals surface area contributed by atoms with Crippen LogP contribution in [-0.4, -0.2) is 10.2 Å². The van der Waals surface area contributed by atoms with Crippen molar-refractivity contribution in [2.24, 2.45) is 0 Å². The molecule has 0 heterocycles. The van der Waals surface area contributed by atoms with Crippen LogP contribution in [0.3, 0.4) is 0 Å². The maximum absolute atomic E-state index is 9.08. The van der Waals surface area contributed by atoms with Gasteiger partial charge in [0.2, 0.25) is 0 Å². The molecule has 0 saturated carbocycles. The lowest BCUT2D eigenvalue weighted by molar-refractivity contribution is 0.449. The van der Waals surface area contributed by atoms with Crippen LogP contribution in [0.2, 0.25) is 0 Å². The van der Waals surface area contributed by atoms with Crippen LogP contribution in [0.25, 0.3) is 0 Å². The number of benzene rings is 1. The Balaban J connectivity index is 2.80. The summed E-state index contributed by atoms with van der Waals surface area (Å²) < 4.78 is 0. The minimum Gasteiger partial charge on any atom is -0.508 e. The minimum atomic E-state index is 0.0713. The summed E-state index contributed by atoms with van der Waals surface area (Å²) in [5.74, 6) is 2.63. The fourth-order valence-corrected chi connectivity index (χ4v) is 1.02. The Morgan fingerprint density at radius 3 is 2.25 bits per heavy atom. The average molecular weight is 162 g/mol. The largest absolute Gasteiger partial charge is 0.508 e. The van der Waals surface area contributed by atoms with Crippen molar-refractivity contribution in [2.45, 2.75) is 12.8 Å². The molecule has 0 saturated heterocycles. The van der Waals surface area contributed by atoms with Crippen LogP contribution in [-0.2, 0) is 6.42 Å². The minimum absolute atomic E-state index is 0.0713. The Kier molecular flexibility index (Phi) is 2.60. The van der Waals surface area contributed by atoms with E-state index >= 15 is 0 Å². The zero-order valence-electron chi connectivity index (χ0n) is 6.62. The molecular weight excluding hydrogens is 152 g/mol. The third-order valence-corrected chi connectivity index (χ3v) is 1.52. The van der Waals surface area contributed by atoms with Crippen molar-refractivity contribution < 1.29 is 10.2 Å². The molecule has 1 rings (SSSR count). The van der Waals surface area contributed by atoms with E-state index in [-0.39, 0.29) is 11.5 Å². The second-order valence-corrected chi connectivity index (χ2v) is 2.56. The molecule has 1 aromatic rings. The highest BCUT2D eigenvalue weighted by atomic mass is 16.3. The third kappa shape index (κ3) is 2.21. The molecule has 2 nitrogen and oxygen atoms in total. The zero-order valence-corrected chi connectivity index (χ0v) is 6.62. The highest BCUT2D eigenvalue weighted by Gasteiger charge is 1.97. The number of terminal acetylenes is 1. The molecule has 12 heavy (non-hydrogen) atoms. The number of hydrogen-bond donors (Lipinski definition) is 2. The van der Waals surface area contributed by atoms with Gasteiger partial charge in [0, 0.05) is 12.5 Å². The molecule has 0 aliphatic heterocycles. The fourth-order valence-electron chi connectivity index (χ4n) is 1.02. The Morgan fingerprint density at radius 1 is 1.17 bits per heavy atom. The maximum atomic E-state index is 9.08. The van der Waals surface area contributed by atoms with E-state index in [0.717, 1.165) is 5.56 Å². The number of aromatic hydroxyl groups is 2. The van der Waals surface area contributed by atoms with E-state index in [4.69, 9.17) is 16.6 Å². The van der Waals surface area contributed by atoms with Crippen molar-refractivity contribution in [1.82, 2.24) is 0 Å². The zero-order chi connectivity index (χ0) is 8.97. The number of aryl methyl sites for hydroxylation is 1. The van der Waals surface area contributed by atoms with Gasteiger partial charge in [-0.1, -0.05) is 0 Å². The van der Waals surface area contributed by atoms with Gasteiger partial charge in [-0.3, -0.25) is 0 Å². The second-order valence-electron chi connectivity index (χ2n) is 2.56. The van der Waals surface area contributed by atoms with Gasteiger partial charge < -0.3 is 10.2 Å². The monoisotopic (exact) mass is 162 g/mol. The van der Waals surface area contributed by atoms with Gasteiger partial charge in [-0.25, -0.2) is 0 Å². The first kappa shape index (κ1) is 8.48. The van der Waals surface area contributed by atoms with Gasteiger partial charge in [-0.05, 0) is 24.1 Å². The first-order valence-corrected chi connectivity index (χ1v) is 3.68. The summed E-state index contributed by atoms with van der Waals surface area (Å²) in [5.41, 5.74) is 0.852.